The number of hydrogen-bond acceptors (Lipinski definition) is 33. The van der Waals surface area contributed by atoms with Crippen LogP contribution in [-0.2, 0) is 76.0 Å². The van der Waals surface area contributed by atoms with Crippen LogP contribution in [0.5, 0.6) is 0 Å². The lowest BCUT2D eigenvalue weighted by atomic mass is 9.93. The summed E-state index contributed by atoms with van der Waals surface area (Å²) < 4.78 is 73.4. The summed E-state index contributed by atoms with van der Waals surface area (Å²) in [4.78, 5) is 37.3. The molecule has 0 aromatic heterocycles. The Labute approximate surface area is 431 Å². The van der Waals surface area contributed by atoms with Gasteiger partial charge in [-0.3, -0.25) is 4.79 Å². The van der Waals surface area contributed by atoms with Crippen LogP contribution in [0.1, 0.15) is 6.42 Å². The minimum atomic E-state index is -3.87. The highest BCUT2D eigenvalue weighted by atomic mass is 16.8. The molecule has 0 spiro atoms. The van der Waals surface area contributed by atoms with Gasteiger partial charge in [-0.2, -0.15) is 0 Å². The van der Waals surface area contributed by atoms with Crippen molar-refractivity contribution in [1.82, 2.24) is 0 Å². The second-order valence-corrected chi connectivity index (χ2v) is 18.9. The van der Waals surface area contributed by atoms with Gasteiger partial charge in [0.1, 0.15) is 146 Å². The highest BCUT2D eigenvalue weighted by Crippen LogP contribution is 2.40. The second-order valence-electron chi connectivity index (χ2n) is 18.9. The molecule has 0 aromatic rings. The number of aliphatic carboxylic acids is 3. The molecule has 0 unspecified atom stereocenters. The summed E-state index contributed by atoms with van der Waals surface area (Å²) in [6, 6.07) is 0. The zero-order valence-electron chi connectivity index (χ0n) is 39.7. The van der Waals surface area contributed by atoms with Crippen molar-refractivity contribution in [3.8, 4) is 0 Å². The Morgan fingerprint density at radius 2 is 0.519 bits per heavy atom. The van der Waals surface area contributed by atoms with Crippen LogP contribution in [0.3, 0.4) is 0 Å². The van der Waals surface area contributed by atoms with Gasteiger partial charge in [-0.15, -0.1) is 0 Å². The van der Waals surface area contributed by atoms with Crippen molar-refractivity contribution >= 4 is 17.9 Å². The molecule has 0 aromatic carbocycles. The van der Waals surface area contributed by atoms with Gasteiger partial charge in [0.15, 0.2) is 37.7 Å². The Morgan fingerprint density at radius 3 is 0.727 bits per heavy atom. The van der Waals surface area contributed by atoms with Crippen LogP contribution in [0.15, 0.2) is 0 Å². The van der Waals surface area contributed by atoms with E-state index >= 15 is 0 Å². The van der Waals surface area contributed by atoms with Crippen LogP contribution in [0.4, 0.5) is 0 Å². The monoisotopic (exact) mass is 1130 g/mol. The molecule has 77 heavy (non-hydrogen) atoms. The Balaban J connectivity index is 1.27. The molecule has 30 atom stereocenters. The van der Waals surface area contributed by atoms with E-state index in [-0.39, 0.29) is 0 Å². The molecular formula is C41H64O36. The fourth-order valence-electron chi connectivity index (χ4n) is 9.88. The smallest absolute Gasteiger partial charge is 0.348 e. The minimum absolute atomic E-state index is 1.06. The van der Waals surface area contributed by atoms with Gasteiger partial charge in [0, 0.05) is 0 Å². The molecule has 0 saturated carbocycles. The maximum Gasteiger partial charge on any atom is 0.348 e. The Morgan fingerprint density at radius 1 is 0.312 bits per heavy atom. The minimum Gasteiger partial charge on any atom is -0.481 e. The average Bonchev–Trinajstić information content (AvgIpc) is 3.41. The van der Waals surface area contributed by atoms with Crippen molar-refractivity contribution in [3.05, 3.63) is 0 Å². The first-order valence-corrected chi connectivity index (χ1v) is 23.8. The standard InChI is InChI=1S/C41H64O36/c42-2-8-26-15(50)20(55)33(65-8)72-27-9(3-43)67-35(22(57)17(27)52)74-29-11(5-45)69-37(24(59)19(29)54)76-31-13(7-47)70-38(25(60)32(31)77-41(39(61)62,40(63)64)1-14(48)49)75-30-12(6-46)68-36(23(58)18(30)53)73-28-10(4-44)66-34(71-26)21(56)16(28)51/h8-13,15-38,42-47,50-60H,1-7H2,(H,48,49)(H,61,62)(H,63,64)/t8-,9-,10-,11-,12-,13-,15-,16-,17-,18-,19-,20-,21-,22-,23-,24-,25-,26-,27-,28-,29-,30-,31+,32-,33-,34-,35-,36-,37-,38-/m1/s1. The van der Waals surface area contributed by atoms with E-state index in [2.05, 4.69) is 0 Å². The summed E-state index contributed by atoms with van der Waals surface area (Å²) in [5, 5.41) is 218. The molecule has 36 heteroatoms. The highest BCUT2D eigenvalue weighted by molar-refractivity contribution is 6.04. The predicted molar refractivity (Wildman–Crippen MR) is 225 cm³/mol. The van der Waals surface area contributed by atoms with Gasteiger partial charge in [-0.25, -0.2) is 9.59 Å². The SMILES string of the molecule is O=C(O)CC(O[C@@H]1[C@@H](O)[C@H]2O[C@H]3[C@H](O)[C@@H](O)[C@@H](O[C@H]4[C@H](O)[C@@H](O)[C@@H](O[C@H]5[C@H](O)[C@@H](O)[C@@H](O[C@H]6[C@H](O)[C@@H](O)[C@@H](O[C@H]7[C@H](O)[C@@H](O)[C@@H](O[C@H]1[C@@H](CO)O2)O[C@@H]7CO)O[C@@H]6CO)O[C@@H]5CO)O[C@@H]4CO)O[C@@H]3CO)(C(=O)O)C(=O)O. The van der Waals surface area contributed by atoms with Crippen molar-refractivity contribution in [2.24, 2.45) is 0 Å². The van der Waals surface area contributed by atoms with Crippen molar-refractivity contribution in [2.75, 3.05) is 39.6 Å². The van der Waals surface area contributed by atoms with Crippen LogP contribution in [0, 0.1) is 0 Å². The first-order chi connectivity index (χ1) is 36.4. The molecule has 20 N–H and O–H groups in total. The zero-order valence-corrected chi connectivity index (χ0v) is 39.7. The van der Waals surface area contributed by atoms with Gasteiger partial charge in [-0.05, 0) is 0 Å². The van der Waals surface area contributed by atoms with E-state index in [1.807, 2.05) is 0 Å². The molecule has 22 heterocycles. The third-order valence-electron chi connectivity index (χ3n) is 14.1. The molecule has 0 aliphatic carbocycles. The van der Waals surface area contributed by atoms with Crippen LogP contribution >= 0.6 is 0 Å². The summed E-state index contributed by atoms with van der Waals surface area (Å²) >= 11 is 0. The van der Waals surface area contributed by atoms with Gasteiger partial charge in [0.2, 0.25) is 0 Å². The fraction of sp³-hybridized carbons (Fsp3) is 0.927. The molecular weight excluding hydrogens is 1070 g/mol. The summed E-state index contributed by atoms with van der Waals surface area (Å²) in [6.07, 6.45) is -67.1. The number of carboxylic acids is 3. The van der Waals surface area contributed by atoms with Gasteiger partial charge >= 0.3 is 17.9 Å². The number of ether oxygens (including phenoxy) is 13. The molecule has 22 fully saturated rings. The molecule has 22 saturated heterocycles. The topological polar surface area (TPSA) is 576 Å². The molecule has 0 amide bonds. The lowest BCUT2D eigenvalue weighted by Gasteiger charge is -2.51. The van der Waals surface area contributed by atoms with E-state index in [0.29, 0.717) is 0 Å². The number of carbonyl (C=O) groups is 3. The fourth-order valence-corrected chi connectivity index (χ4v) is 9.88. The summed E-state index contributed by atoms with van der Waals surface area (Å²) in [5.74, 6) is -7.11. The number of aliphatic hydroxyl groups excluding tert-OH is 17. The molecule has 0 radical (unpaired) electrons. The second kappa shape index (κ2) is 25.6. The molecule has 22 aliphatic heterocycles. The van der Waals surface area contributed by atoms with E-state index in [9.17, 15) is 117 Å². The quantitative estimate of drug-likeness (QED) is 0.0807. The lowest BCUT2D eigenvalue weighted by molar-refractivity contribution is -0.406. The van der Waals surface area contributed by atoms with Crippen LogP contribution in [0.2, 0.25) is 0 Å². The number of aliphatic hydroxyl groups is 17. The van der Waals surface area contributed by atoms with E-state index in [4.69, 9.17) is 61.6 Å². The molecule has 36 nitrogen and oxygen atoms in total. The molecule has 12 bridgehead atoms. The third-order valence-corrected chi connectivity index (χ3v) is 14.1. The summed E-state index contributed by atoms with van der Waals surface area (Å²) in [7, 11) is 0. The van der Waals surface area contributed by atoms with Crippen molar-refractivity contribution in [1.29, 1.82) is 0 Å². The van der Waals surface area contributed by atoms with E-state index in [0.717, 1.165) is 0 Å². The van der Waals surface area contributed by atoms with Crippen molar-refractivity contribution in [3.63, 3.8) is 0 Å². The first-order valence-electron chi connectivity index (χ1n) is 23.8. The summed E-state index contributed by atoms with van der Waals surface area (Å²) in [6.45, 7) is -6.98. The Hall–Kier alpha value is -2.79. The van der Waals surface area contributed by atoms with Gasteiger partial charge in [0.25, 0.3) is 5.60 Å². The number of hydrogen-bond donors (Lipinski definition) is 20. The van der Waals surface area contributed by atoms with Crippen LogP contribution < -0.4 is 0 Å². The van der Waals surface area contributed by atoms with E-state index < -0.39 is 254 Å². The largest absolute Gasteiger partial charge is 0.481 e. The first kappa shape index (κ1) is 61.8. The highest BCUT2D eigenvalue weighted by Gasteiger charge is 2.62. The normalized spacial score (nSPS) is 49.2. The lowest BCUT2D eigenvalue weighted by Crippen LogP contribution is -2.70. The van der Waals surface area contributed by atoms with Crippen molar-refractivity contribution < 1.29 is 178 Å². The van der Waals surface area contributed by atoms with Crippen LogP contribution in [-0.4, -0.2) is 350 Å². The predicted octanol–water partition coefficient (Wildman–Crippen LogP) is -13.6. The van der Waals surface area contributed by atoms with Gasteiger partial charge in [-0.1, -0.05) is 0 Å². The van der Waals surface area contributed by atoms with Crippen LogP contribution in [0.25, 0.3) is 0 Å². The molecule has 444 valence electrons. The third kappa shape index (κ3) is 12.1. The number of carboxylic acid groups (broad SMARTS) is 3. The molecule has 22 aliphatic rings. The Bertz CT molecular complexity index is 1930. The van der Waals surface area contributed by atoms with Gasteiger partial charge in [0.05, 0.1) is 46.1 Å². The maximum absolute atomic E-state index is 12.7. The van der Waals surface area contributed by atoms with Crippen molar-refractivity contribution in [2.45, 2.75) is 196 Å². The van der Waals surface area contributed by atoms with E-state index in [1.54, 1.807) is 0 Å². The zero-order chi connectivity index (χ0) is 56.7. The molecule has 22 rings (SSSR count). The number of rotatable bonds is 12. The summed E-state index contributed by atoms with van der Waals surface area (Å²) in [5.41, 5.74) is -3.87. The maximum atomic E-state index is 12.7. The average molecular weight is 1130 g/mol. The van der Waals surface area contributed by atoms with E-state index in [1.165, 1.54) is 0 Å². The van der Waals surface area contributed by atoms with Gasteiger partial charge < -0.3 is 164 Å². The Kier molecular flexibility index (Phi) is 20.5.